The lowest BCUT2D eigenvalue weighted by molar-refractivity contribution is -0.384. The molecule has 0 unspecified atom stereocenters. The Morgan fingerprint density at radius 2 is 1.49 bits per heavy atom. The van der Waals surface area contributed by atoms with Gasteiger partial charge in [-0.15, -0.1) is 0 Å². The Balaban J connectivity index is 1.71. The third-order valence-corrected chi connectivity index (χ3v) is 5.65. The van der Waals surface area contributed by atoms with Gasteiger partial charge >= 0.3 is 5.97 Å². The number of ether oxygens (including phenoxy) is 2. The van der Waals surface area contributed by atoms with Crippen LogP contribution in [0.1, 0.15) is 47.1 Å². The van der Waals surface area contributed by atoms with Gasteiger partial charge in [-0.05, 0) is 55.7 Å². The van der Waals surface area contributed by atoms with Gasteiger partial charge in [0.25, 0.3) is 11.6 Å². The van der Waals surface area contributed by atoms with E-state index in [2.05, 4.69) is 5.32 Å². The predicted octanol–water partition coefficient (Wildman–Crippen LogP) is 7.05. The molecule has 1 N–H and O–H groups in total. The minimum atomic E-state index is -0.755. The van der Waals surface area contributed by atoms with E-state index < -0.39 is 22.4 Å². The van der Waals surface area contributed by atoms with E-state index in [1.54, 1.807) is 39.0 Å². The highest BCUT2D eigenvalue weighted by molar-refractivity contribution is 6.10. The van der Waals surface area contributed by atoms with E-state index in [0.29, 0.717) is 0 Å². The van der Waals surface area contributed by atoms with Gasteiger partial charge in [0.2, 0.25) is 0 Å². The van der Waals surface area contributed by atoms with Crippen molar-refractivity contribution in [3.8, 4) is 16.9 Å². The summed E-state index contributed by atoms with van der Waals surface area (Å²) in [4.78, 5) is 37.5. The zero-order valence-electron chi connectivity index (χ0n) is 21.8. The summed E-state index contributed by atoms with van der Waals surface area (Å²) in [5, 5.41) is 14.2. The molecule has 0 spiro atoms. The summed E-state index contributed by atoms with van der Waals surface area (Å²) >= 11 is 0. The van der Waals surface area contributed by atoms with Crippen LogP contribution < -0.4 is 10.1 Å². The molecule has 0 saturated carbocycles. The number of hydrogen-bond donors (Lipinski definition) is 1. The number of carbonyl (C=O) groups is 2. The Bertz CT molecular complexity index is 1500. The fourth-order valence-electron chi connectivity index (χ4n) is 3.83. The molecule has 8 nitrogen and oxygen atoms in total. The maximum atomic E-state index is 13.6. The van der Waals surface area contributed by atoms with Gasteiger partial charge in [0.1, 0.15) is 18.0 Å². The number of carbonyl (C=O) groups excluding carboxylic acids is 2. The minimum Gasteiger partial charge on any atom is -0.488 e. The molecular weight excluding hydrogens is 496 g/mol. The molecule has 198 valence electrons. The summed E-state index contributed by atoms with van der Waals surface area (Å²) in [7, 11) is 0. The highest BCUT2D eigenvalue weighted by Gasteiger charge is 2.24. The SMILES string of the molecule is CC(C)(C)OC(=O)c1ccc(-c2ccccc2)cc1NC(=O)c1cc([N+](=O)[O-])ccc1OCc1ccccc1. The molecule has 0 fully saturated rings. The number of hydrogen-bond acceptors (Lipinski definition) is 6. The van der Waals surface area contributed by atoms with Crippen LogP contribution in [0.2, 0.25) is 0 Å². The van der Waals surface area contributed by atoms with Crippen LogP contribution in [0.4, 0.5) is 11.4 Å². The first kappa shape index (κ1) is 27.1. The zero-order chi connectivity index (χ0) is 28.0. The van der Waals surface area contributed by atoms with E-state index >= 15 is 0 Å². The molecule has 4 rings (SSSR count). The first-order chi connectivity index (χ1) is 18.6. The van der Waals surface area contributed by atoms with Crippen molar-refractivity contribution < 1.29 is 24.0 Å². The summed E-state index contributed by atoms with van der Waals surface area (Å²) in [5.74, 6) is -1.12. The lowest BCUT2D eigenvalue weighted by Gasteiger charge is -2.21. The monoisotopic (exact) mass is 524 g/mol. The lowest BCUT2D eigenvalue weighted by Crippen LogP contribution is -2.25. The van der Waals surface area contributed by atoms with Crippen LogP contribution in [0.25, 0.3) is 11.1 Å². The third kappa shape index (κ3) is 7.07. The fraction of sp³-hybridized carbons (Fsp3) is 0.161. The highest BCUT2D eigenvalue weighted by Crippen LogP contribution is 2.30. The summed E-state index contributed by atoms with van der Waals surface area (Å²) in [6.45, 7) is 5.41. The summed E-state index contributed by atoms with van der Waals surface area (Å²) in [6, 6.07) is 27.7. The van der Waals surface area contributed by atoms with Crippen LogP contribution in [-0.4, -0.2) is 22.4 Å². The van der Waals surface area contributed by atoms with Crippen molar-refractivity contribution in [3.05, 3.63) is 124 Å². The number of benzene rings is 4. The van der Waals surface area contributed by atoms with Crippen LogP contribution in [0.15, 0.2) is 97.1 Å². The van der Waals surface area contributed by atoms with Crippen molar-refractivity contribution in [2.75, 3.05) is 5.32 Å². The van der Waals surface area contributed by atoms with E-state index in [0.717, 1.165) is 22.8 Å². The fourth-order valence-corrected chi connectivity index (χ4v) is 3.83. The molecule has 4 aromatic rings. The molecule has 4 aromatic carbocycles. The number of rotatable bonds is 8. The van der Waals surface area contributed by atoms with Crippen LogP contribution in [0.3, 0.4) is 0 Å². The van der Waals surface area contributed by atoms with Crippen molar-refractivity contribution in [2.45, 2.75) is 33.0 Å². The van der Waals surface area contributed by atoms with Gasteiger partial charge in [0.05, 0.1) is 21.7 Å². The average Bonchev–Trinajstić information content (AvgIpc) is 2.91. The van der Waals surface area contributed by atoms with Crippen LogP contribution in [-0.2, 0) is 11.3 Å². The second kappa shape index (κ2) is 11.6. The summed E-state index contributed by atoms with van der Waals surface area (Å²) in [6.07, 6.45) is 0. The molecule has 0 atom stereocenters. The van der Waals surface area contributed by atoms with E-state index in [-0.39, 0.29) is 34.9 Å². The maximum Gasteiger partial charge on any atom is 0.340 e. The number of non-ortho nitro benzene ring substituents is 1. The van der Waals surface area contributed by atoms with Gasteiger partial charge in [0.15, 0.2) is 0 Å². The number of amides is 1. The second-order valence-corrected chi connectivity index (χ2v) is 9.79. The smallest absolute Gasteiger partial charge is 0.340 e. The average molecular weight is 525 g/mol. The van der Waals surface area contributed by atoms with E-state index in [1.807, 2.05) is 60.7 Å². The third-order valence-electron chi connectivity index (χ3n) is 5.65. The van der Waals surface area contributed by atoms with Gasteiger partial charge in [-0.1, -0.05) is 66.7 Å². The predicted molar refractivity (Wildman–Crippen MR) is 149 cm³/mol. The molecule has 0 saturated heterocycles. The zero-order valence-corrected chi connectivity index (χ0v) is 21.8. The van der Waals surface area contributed by atoms with Crippen LogP contribution in [0, 0.1) is 10.1 Å². The molecule has 0 aliphatic heterocycles. The lowest BCUT2D eigenvalue weighted by atomic mass is 10.0. The van der Waals surface area contributed by atoms with Crippen molar-refractivity contribution in [3.63, 3.8) is 0 Å². The van der Waals surface area contributed by atoms with E-state index in [9.17, 15) is 19.7 Å². The molecule has 0 heterocycles. The van der Waals surface area contributed by atoms with Crippen molar-refractivity contribution in [1.29, 1.82) is 0 Å². The van der Waals surface area contributed by atoms with Crippen molar-refractivity contribution in [2.24, 2.45) is 0 Å². The Kier molecular flexibility index (Phi) is 8.05. The Hall–Kier alpha value is -4.98. The number of anilines is 1. The number of nitro groups is 1. The van der Waals surface area contributed by atoms with Crippen molar-refractivity contribution >= 4 is 23.3 Å². The first-order valence-corrected chi connectivity index (χ1v) is 12.3. The number of esters is 1. The minimum absolute atomic E-state index is 0.0413. The number of nitrogens with one attached hydrogen (secondary N) is 1. The van der Waals surface area contributed by atoms with Gasteiger partial charge in [-0.2, -0.15) is 0 Å². The molecule has 8 heteroatoms. The molecule has 0 bridgehead atoms. The van der Waals surface area contributed by atoms with E-state index in [4.69, 9.17) is 9.47 Å². The summed E-state index contributed by atoms with van der Waals surface area (Å²) in [5.41, 5.74) is 1.80. The van der Waals surface area contributed by atoms with Gasteiger partial charge in [0, 0.05) is 12.1 Å². The standard InChI is InChI=1S/C31H28N2O6/c1-31(2,3)39-30(35)25-16-14-23(22-12-8-5-9-13-22)18-27(25)32-29(34)26-19-24(33(36)37)15-17-28(26)38-20-21-10-6-4-7-11-21/h4-19H,20H2,1-3H3,(H,32,34). The first-order valence-electron chi connectivity index (χ1n) is 12.3. The van der Waals surface area contributed by atoms with E-state index in [1.165, 1.54) is 12.1 Å². The molecule has 0 aliphatic carbocycles. The van der Waals surface area contributed by atoms with Crippen LogP contribution >= 0.6 is 0 Å². The molecule has 0 aromatic heterocycles. The summed E-state index contributed by atoms with van der Waals surface area (Å²) < 4.78 is 11.4. The highest BCUT2D eigenvalue weighted by atomic mass is 16.6. The topological polar surface area (TPSA) is 108 Å². The van der Waals surface area contributed by atoms with Gasteiger partial charge in [-0.3, -0.25) is 14.9 Å². The Morgan fingerprint density at radius 1 is 0.821 bits per heavy atom. The maximum absolute atomic E-state index is 13.6. The Morgan fingerprint density at radius 3 is 2.13 bits per heavy atom. The molecule has 0 aliphatic rings. The molecule has 1 amide bonds. The van der Waals surface area contributed by atoms with Crippen LogP contribution in [0.5, 0.6) is 5.75 Å². The molecule has 39 heavy (non-hydrogen) atoms. The quantitative estimate of drug-likeness (QED) is 0.150. The van der Waals surface area contributed by atoms with Gasteiger partial charge < -0.3 is 14.8 Å². The number of nitro benzene ring substituents is 1. The number of nitrogens with zero attached hydrogens (tertiary/aromatic N) is 1. The normalized spacial score (nSPS) is 10.9. The Labute approximate surface area is 226 Å². The second-order valence-electron chi connectivity index (χ2n) is 9.79. The largest absolute Gasteiger partial charge is 0.488 e. The molecule has 0 radical (unpaired) electrons. The van der Waals surface area contributed by atoms with Gasteiger partial charge in [-0.25, -0.2) is 4.79 Å². The molecular formula is C31H28N2O6. The van der Waals surface area contributed by atoms with Crippen molar-refractivity contribution in [1.82, 2.24) is 0 Å².